The first-order valence-corrected chi connectivity index (χ1v) is 5.14. The Hall–Kier alpha value is -1.76. The van der Waals surface area contributed by atoms with E-state index in [0.717, 1.165) is 0 Å². The zero-order chi connectivity index (χ0) is 13.8. The van der Waals surface area contributed by atoms with Gasteiger partial charge in [0.25, 0.3) is 0 Å². The Labute approximate surface area is 102 Å². The normalized spacial score (nSPS) is 12.9. The largest absolute Gasteiger partial charge is 0.484 e. The van der Waals surface area contributed by atoms with Gasteiger partial charge in [-0.25, -0.2) is 0 Å². The number of hydrogen-bond donors (Lipinski definition) is 2. The van der Waals surface area contributed by atoms with Crippen LogP contribution in [-0.4, -0.2) is 24.7 Å². The van der Waals surface area contributed by atoms with Crippen molar-refractivity contribution < 1.29 is 22.7 Å². The van der Waals surface area contributed by atoms with Crippen molar-refractivity contribution >= 4 is 11.6 Å². The fourth-order valence-electron chi connectivity index (χ4n) is 1.08. The molecule has 1 amide bonds. The van der Waals surface area contributed by atoms with Gasteiger partial charge in [0.2, 0.25) is 5.91 Å². The van der Waals surface area contributed by atoms with Gasteiger partial charge in [-0.1, -0.05) is 6.07 Å². The van der Waals surface area contributed by atoms with Crippen molar-refractivity contribution in [1.29, 1.82) is 0 Å². The number of anilines is 1. The maximum absolute atomic E-state index is 11.9. The zero-order valence-corrected chi connectivity index (χ0v) is 9.62. The molecule has 1 atom stereocenters. The molecule has 0 unspecified atom stereocenters. The number of nitrogens with one attached hydrogen (secondary N) is 1. The second-order valence-corrected chi connectivity index (χ2v) is 3.71. The third kappa shape index (κ3) is 5.05. The van der Waals surface area contributed by atoms with Gasteiger partial charge in [-0.05, 0) is 19.1 Å². The molecule has 7 heteroatoms. The molecule has 0 heterocycles. The summed E-state index contributed by atoms with van der Waals surface area (Å²) >= 11 is 0. The van der Waals surface area contributed by atoms with Crippen molar-refractivity contribution in [3.8, 4) is 5.75 Å². The fourth-order valence-corrected chi connectivity index (χ4v) is 1.08. The number of nitrogens with two attached hydrogens (primary N) is 1. The predicted octanol–water partition coefficient (Wildman–Crippen LogP) is 1.91. The smallest absolute Gasteiger partial charge is 0.422 e. The SMILES string of the molecule is C[C@H](N)C(=O)Nc1cccc(OCC(F)(F)F)c1. The lowest BCUT2D eigenvalue weighted by Gasteiger charge is -2.11. The summed E-state index contributed by atoms with van der Waals surface area (Å²) in [5.41, 5.74) is 5.68. The molecule has 0 aromatic heterocycles. The summed E-state index contributed by atoms with van der Waals surface area (Å²) in [5.74, 6) is -0.405. The third-order valence-corrected chi connectivity index (χ3v) is 1.92. The van der Waals surface area contributed by atoms with E-state index in [1.54, 1.807) is 0 Å². The van der Waals surface area contributed by atoms with E-state index >= 15 is 0 Å². The van der Waals surface area contributed by atoms with Gasteiger partial charge in [-0.2, -0.15) is 13.2 Å². The van der Waals surface area contributed by atoms with Crippen LogP contribution in [0.25, 0.3) is 0 Å². The minimum Gasteiger partial charge on any atom is -0.484 e. The first kappa shape index (κ1) is 14.3. The number of carbonyl (C=O) groups is 1. The summed E-state index contributed by atoms with van der Waals surface area (Å²) in [4.78, 5) is 11.3. The van der Waals surface area contributed by atoms with Crippen LogP contribution in [0.5, 0.6) is 5.75 Å². The first-order valence-electron chi connectivity index (χ1n) is 5.14. The van der Waals surface area contributed by atoms with Crippen LogP contribution in [0.3, 0.4) is 0 Å². The molecule has 0 radical (unpaired) electrons. The maximum Gasteiger partial charge on any atom is 0.422 e. The van der Waals surface area contributed by atoms with Crippen LogP contribution < -0.4 is 15.8 Å². The number of halogens is 3. The molecule has 1 aromatic rings. The highest BCUT2D eigenvalue weighted by Gasteiger charge is 2.28. The number of amides is 1. The van der Waals surface area contributed by atoms with Crippen molar-refractivity contribution in [2.24, 2.45) is 5.73 Å². The molecule has 0 aliphatic carbocycles. The fraction of sp³-hybridized carbons (Fsp3) is 0.364. The molecule has 4 nitrogen and oxygen atoms in total. The molecule has 3 N–H and O–H groups in total. The minimum absolute atomic E-state index is 0.0230. The molecular weight excluding hydrogens is 249 g/mol. The Morgan fingerprint density at radius 1 is 1.50 bits per heavy atom. The monoisotopic (exact) mass is 262 g/mol. The lowest BCUT2D eigenvalue weighted by molar-refractivity contribution is -0.153. The Morgan fingerprint density at radius 3 is 2.72 bits per heavy atom. The third-order valence-electron chi connectivity index (χ3n) is 1.92. The highest BCUT2D eigenvalue weighted by molar-refractivity contribution is 5.94. The van der Waals surface area contributed by atoms with Gasteiger partial charge < -0.3 is 15.8 Å². The average Bonchev–Trinajstić information content (AvgIpc) is 2.26. The van der Waals surface area contributed by atoms with Gasteiger partial charge in [0.15, 0.2) is 6.61 Å². The van der Waals surface area contributed by atoms with Crippen LogP contribution in [0, 0.1) is 0 Å². The van der Waals surface area contributed by atoms with Crippen LogP contribution in [0.15, 0.2) is 24.3 Å². The van der Waals surface area contributed by atoms with Crippen molar-refractivity contribution in [2.75, 3.05) is 11.9 Å². The molecule has 0 saturated heterocycles. The van der Waals surface area contributed by atoms with Crippen molar-refractivity contribution in [3.63, 3.8) is 0 Å². The van der Waals surface area contributed by atoms with E-state index in [1.165, 1.54) is 31.2 Å². The lowest BCUT2D eigenvalue weighted by atomic mass is 10.2. The van der Waals surface area contributed by atoms with E-state index in [1.807, 2.05) is 0 Å². The quantitative estimate of drug-likeness (QED) is 0.871. The lowest BCUT2D eigenvalue weighted by Crippen LogP contribution is -2.32. The summed E-state index contributed by atoms with van der Waals surface area (Å²) in [6.07, 6.45) is -4.40. The Morgan fingerprint density at radius 2 is 2.17 bits per heavy atom. The number of alkyl halides is 3. The number of hydrogen-bond acceptors (Lipinski definition) is 3. The standard InChI is InChI=1S/C11H13F3N2O2/c1-7(15)10(17)16-8-3-2-4-9(5-8)18-6-11(12,13)14/h2-5,7H,6,15H2,1H3,(H,16,17)/t7-/m0/s1. The molecule has 0 bridgehead atoms. The van der Waals surface area contributed by atoms with E-state index in [4.69, 9.17) is 5.73 Å². The second-order valence-electron chi connectivity index (χ2n) is 3.71. The summed E-state index contributed by atoms with van der Waals surface area (Å²) in [6.45, 7) is 0.122. The van der Waals surface area contributed by atoms with Crippen LogP contribution >= 0.6 is 0 Å². The minimum atomic E-state index is -4.40. The van der Waals surface area contributed by atoms with Crippen molar-refractivity contribution in [1.82, 2.24) is 0 Å². The van der Waals surface area contributed by atoms with E-state index < -0.39 is 24.7 Å². The maximum atomic E-state index is 11.9. The predicted molar refractivity (Wildman–Crippen MR) is 60.3 cm³/mol. The molecular formula is C11H13F3N2O2. The summed E-state index contributed by atoms with van der Waals surface area (Å²) < 4.78 is 40.4. The highest BCUT2D eigenvalue weighted by atomic mass is 19.4. The second kappa shape index (κ2) is 5.72. The molecule has 0 fully saturated rings. The highest BCUT2D eigenvalue weighted by Crippen LogP contribution is 2.21. The van der Waals surface area contributed by atoms with E-state index in [-0.39, 0.29) is 5.75 Å². The molecule has 0 saturated carbocycles. The molecule has 100 valence electrons. The van der Waals surface area contributed by atoms with Crippen molar-refractivity contribution in [2.45, 2.75) is 19.1 Å². The van der Waals surface area contributed by atoms with Crippen LogP contribution in [0.2, 0.25) is 0 Å². The summed E-state index contributed by atoms with van der Waals surface area (Å²) in [5, 5.41) is 2.45. The molecule has 18 heavy (non-hydrogen) atoms. The van der Waals surface area contributed by atoms with Gasteiger partial charge >= 0.3 is 6.18 Å². The molecule has 0 aliphatic heterocycles. The van der Waals surface area contributed by atoms with Gasteiger partial charge in [0, 0.05) is 11.8 Å². The molecule has 1 rings (SSSR count). The van der Waals surface area contributed by atoms with Crippen LogP contribution in [0.1, 0.15) is 6.92 Å². The number of benzene rings is 1. The molecule has 0 spiro atoms. The van der Waals surface area contributed by atoms with Gasteiger partial charge in [-0.3, -0.25) is 4.79 Å². The Kier molecular flexibility index (Phi) is 4.55. The van der Waals surface area contributed by atoms with Crippen LogP contribution in [-0.2, 0) is 4.79 Å². The van der Waals surface area contributed by atoms with Gasteiger partial charge in [0.05, 0.1) is 6.04 Å². The Balaban J connectivity index is 2.65. The van der Waals surface area contributed by atoms with Crippen molar-refractivity contribution in [3.05, 3.63) is 24.3 Å². The van der Waals surface area contributed by atoms with E-state index in [2.05, 4.69) is 10.1 Å². The first-order chi connectivity index (χ1) is 8.28. The van der Waals surface area contributed by atoms with Gasteiger partial charge in [-0.15, -0.1) is 0 Å². The topological polar surface area (TPSA) is 64.4 Å². The van der Waals surface area contributed by atoms with E-state index in [9.17, 15) is 18.0 Å². The summed E-state index contributed by atoms with van der Waals surface area (Å²) in [7, 11) is 0. The number of rotatable bonds is 4. The summed E-state index contributed by atoms with van der Waals surface area (Å²) in [6, 6.07) is 4.97. The number of ether oxygens (including phenoxy) is 1. The van der Waals surface area contributed by atoms with E-state index in [0.29, 0.717) is 5.69 Å². The average molecular weight is 262 g/mol. The van der Waals surface area contributed by atoms with Gasteiger partial charge in [0.1, 0.15) is 5.75 Å². The Bertz CT molecular complexity index is 419. The zero-order valence-electron chi connectivity index (χ0n) is 9.62. The molecule has 0 aliphatic rings. The van der Waals surface area contributed by atoms with Crippen LogP contribution in [0.4, 0.5) is 18.9 Å². The number of carbonyl (C=O) groups excluding carboxylic acids is 1. The molecule has 1 aromatic carbocycles.